The van der Waals surface area contributed by atoms with Crippen molar-refractivity contribution in [2.45, 2.75) is 6.18 Å². The predicted molar refractivity (Wildman–Crippen MR) is 90.4 cm³/mol. The number of alkyl halides is 3. The van der Waals surface area contributed by atoms with E-state index in [1.807, 2.05) is 4.90 Å². The number of amides is 1. The summed E-state index contributed by atoms with van der Waals surface area (Å²) in [4.78, 5) is 16.0. The minimum Gasteiger partial charge on any atom is -0.399 e. The first-order valence-corrected chi connectivity index (χ1v) is 7.91. The fourth-order valence-corrected chi connectivity index (χ4v) is 2.85. The summed E-state index contributed by atoms with van der Waals surface area (Å²) in [5.74, 6) is -0.0938. The number of benzene rings is 2. The number of carbonyl (C=O) groups is 1. The maximum atomic E-state index is 12.8. The molecule has 1 fully saturated rings. The highest BCUT2D eigenvalue weighted by Gasteiger charge is 2.31. The molecule has 0 saturated carbocycles. The highest BCUT2D eigenvalue weighted by molar-refractivity contribution is 5.94. The van der Waals surface area contributed by atoms with Gasteiger partial charge in [-0.2, -0.15) is 13.2 Å². The van der Waals surface area contributed by atoms with Crippen molar-refractivity contribution >= 4 is 17.3 Å². The maximum Gasteiger partial charge on any atom is 0.416 e. The van der Waals surface area contributed by atoms with E-state index < -0.39 is 11.7 Å². The van der Waals surface area contributed by atoms with Gasteiger partial charge in [-0.3, -0.25) is 4.79 Å². The monoisotopic (exact) mass is 349 g/mol. The number of halogens is 3. The van der Waals surface area contributed by atoms with Gasteiger partial charge in [0.15, 0.2) is 0 Å². The van der Waals surface area contributed by atoms with Crippen LogP contribution < -0.4 is 10.6 Å². The molecule has 4 nitrogen and oxygen atoms in total. The molecule has 0 atom stereocenters. The van der Waals surface area contributed by atoms with Gasteiger partial charge in [0.1, 0.15) is 0 Å². The van der Waals surface area contributed by atoms with Gasteiger partial charge < -0.3 is 15.5 Å². The molecule has 2 N–H and O–H groups in total. The summed E-state index contributed by atoms with van der Waals surface area (Å²) in [6, 6.07) is 12.0. The maximum absolute atomic E-state index is 12.8. The Morgan fingerprint density at radius 2 is 1.60 bits per heavy atom. The molecule has 25 heavy (non-hydrogen) atoms. The Labute approximate surface area is 143 Å². The van der Waals surface area contributed by atoms with Gasteiger partial charge in [-0.25, -0.2) is 0 Å². The Morgan fingerprint density at radius 1 is 0.960 bits per heavy atom. The summed E-state index contributed by atoms with van der Waals surface area (Å²) in [5, 5.41) is 0. The number of piperazine rings is 1. The van der Waals surface area contributed by atoms with Crippen LogP contribution in [0.5, 0.6) is 0 Å². The lowest BCUT2D eigenvalue weighted by molar-refractivity contribution is -0.137. The standard InChI is InChI=1S/C18H18F3N3O/c19-18(20,21)14-2-1-3-16(12-14)23-8-10-24(11-9-23)17(25)13-4-6-15(22)7-5-13/h1-7,12H,8-11,22H2. The van der Waals surface area contributed by atoms with Gasteiger partial charge in [0.2, 0.25) is 0 Å². The first kappa shape index (κ1) is 17.1. The molecule has 1 aliphatic heterocycles. The second-order valence-corrected chi connectivity index (χ2v) is 5.95. The largest absolute Gasteiger partial charge is 0.416 e. The van der Waals surface area contributed by atoms with Crippen LogP contribution in [-0.2, 0) is 6.18 Å². The first-order valence-electron chi connectivity index (χ1n) is 7.91. The number of rotatable bonds is 2. The molecule has 0 unspecified atom stereocenters. The lowest BCUT2D eigenvalue weighted by atomic mass is 10.1. The van der Waals surface area contributed by atoms with E-state index in [-0.39, 0.29) is 5.91 Å². The summed E-state index contributed by atoms with van der Waals surface area (Å²) >= 11 is 0. The van der Waals surface area contributed by atoms with Gasteiger partial charge in [-0.05, 0) is 42.5 Å². The van der Waals surface area contributed by atoms with E-state index >= 15 is 0 Å². The van der Waals surface area contributed by atoms with E-state index in [1.54, 1.807) is 35.2 Å². The van der Waals surface area contributed by atoms with Gasteiger partial charge in [0.05, 0.1) is 5.56 Å². The van der Waals surface area contributed by atoms with E-state index in [1.165, 1.54) is 6.07 Å². The van der Waals surface area contributed by atoms with Crippen molar-refractivity contribution in [3.8, 4) is 0 Å². The van der Waals surface area contributed by atoms with E-state index in [0.29, 0.717) is 43.1 Å². The Hall–Kier alpha value is -2.70. The van der Waals surface area contributed by atoms with Crippen LogP contribution in [0.3, 0.4) is 0 Å². The Bertz CT molecular complexity index is 751. The SMILES string of the molecule is Nc1ccc(C(=O)N2CCN(c3cccc(C(F)(F)F)c3)CC2)cc1. The average Bonchev–Trinajstić information content (AvgIpc) is 2.61. The Balaban J connectivity index is 1.66. The molecule has 1 aliphatic rings. The summed E-state index contributed by atoms with van der Waals surface area (Å²) in [6.07, 6.45) is -4.36. The third kappa shape index (κ3) is 3.87. The number of carbonyl (C=O) groups excluding carboxylic acids is 1. The highest BCUT2D eigenvalue weighted by Crippen LogP contribution is 2.31. The van der Waals surface area contributed by atoms with E-state index in [4.69, 9.17) is 5.73 Å². The van der Waals surface area contributed by atoms with E-state index in [9.17, 15) is 18.0 Å². The minimum atomic E-state index is -4.36. The van der Waals surface area contributed by atoms with Crippen LogP contribution in [0.25, 0.3) is 0 Å². The third-order valence-electron chi connectivity index (χ3n) is 4.26. The summed E-state index contributed by atoms with van der Waals surface area (Å²) in [5.41, 5.74) is 6.63. The molecule has 0 aromatic heterocycles. The molecule has 0 radical (unpaired) electrons. The number of anilines is 2. The Kier molecular flexibility index (Phi) is 4.57. The number of hydrogen-bond donors (Lipinski definition) is 1. The van der Waals surface area contributed by atoms with E-state index in [2.05, 4.69) is 0 Å². The molecule has 0 aliphatic carbocycles. The van der Waals surface area contributed by atoms with Crippen molar-refractivity contribution in [1.82, 2.24) is 4.90 Å². The molecule has 0 bridgehead atoms. The quantitative estimate of drug-likeness (QED) is 0.847. The van der Waals surface area contributed by atoms with Gasteiger partial charge in [-0.15, -0.1) is 0 Å². The topological polar surface area (TPSA) is 49.6 Å². The van der Waals surface area contributed by atoms with Gasteiger partial charge in [0, 0.05) is 43.1 Å². The number of nitrogen functional groups attached to an aromatic ring is 1. The molecule has 2 aromatic rings. The molecule has 132 valence electrons. The Morgan fingerprint density at radius 3 is 2.20 bits per heavy atom. The summed E-state index contributed by atoms with van der Waals surface area (Å²) in [7, 11) is 0. The smallest absolute Gasteiger partial charge is 0.399 e. The molecular formula is C18H18F3N3O. The lowest BCUT2D eigenvalue weighted by Gasteiger charge is -2.36. The van der Waals surface area contributed by atoms with Gasteiger partial charge >= 0.3 is 6.18 Å². The number of nitrogens with two attached hydrogens (primary N) is 1. The van der Waals surface area contributed by atoms with Gasteiger partial charge in [-0.1, -0.05) is 6.07 Å². The van der Waals surface area contributed by atoms with Crippen molar-refractivity contribution in [3.05, 3.63) is 59.7 Å². The summed E-state index contributed by atoms with van der Waals surface area (Å²) in [6.45, 7) is 1.89. The molecule has 3 rings (SSSR count). The van der Waals surface area contributed by atoms with Crippen LogP contribution >= 0.6 is 0 Å². The number of hydrogen-bond acceptors (Lipinski definition) is 3. The highest BCUT2D eigenvalue weighted by atomic mass is 19.4. The van der Waals surface area contributed by atoms with Crippen LogP contribution in [-0.4, -0.2) is 37.0 Å². The molecule has 2 aromatic carbocycles. The van der Waals surface area contributed by atoms with Crippen molar-refractivity contribution in [2.75, 3.05) is 36.8 Å². The van der Waals surface area contributed by atoms with Crippen molar-refractivity contribution in [1.29, 1.82) is 0 Å². The van der Waals surface area contributed by atoms with Crippen LogP contribution in [0.2, 0.25) is 0 Å². The summed E-state index contributed by atoms with van der Waals surface area (Å²) < 4.78 is 38.5. The minimum absolute atomic E-state index is 0.0938. The van der Waals surface area contributed by atoms with Crippen LogP contribution in [0, 0.1) is 0 Å². The molecule has 1 saturated heterocycles. The second-order valence-electron chi connectivity index (χ2n) is 5.95. The molecular weight excluding hydrogens is 331 g/mol. The van der Waals surface area contributed by atoms with Crippen molar-refractivity contribution in [3.63, 3.8) is 0 Å². The lowest BCUT2D eigenvalue weighted by Crippen LogP contribution is -2.48. The zero-order valence-corrected chi connectivity index (χ0v) is 13.5. The van der Waals surface area contributed by atoms with Gasteiger partial charge in [0.25, 0.3) is 5.91 Å². The van der Waals surface area contributed by atoms with Crippen LogP contribution in [0.15, 0.2) is 48.5 Å². The first-order chi connectivity index (χ1) is 11.8. The zero-order valence-electron chi connectivity index (χ0n) is 13.5. The van der Waals surface area contributed by atoms with E-state index in [0.717, 1.165) is 12.1 Å². The second kappa shape index (κ2) is 6.66. The van der Waals surface area contributed by atoms with Crippen LogP contribution in [0.4, 0.5) is 24.5 Å². The molecule has 7 heteroatoms. The molecule has 1 amide bonds. The normalized spacial score (nSPS) is 15.3. The molecule has 1 heterocycles. The number of nitrogens with zero attached hydrogens (tertiary/aromatic N) is 2. The fourth-order valence-electron chi connectivity index (χ4n) is 2.85. The van der Waals surface area contributed by atoms with Crippen LogP contribution in [0.1, 0.15) is 15.9 Å². The average molecular weight is 349 g/mol. The van der Waals surface area contributed by atoms with Crippen molar-refractivity contribution < 1.29 is 18.0 Å². The van der Waals surface area contributed by atoms with Crippen molar-refractivity contribution in [2.24, 2.45) is 0 Å². The zero-order chi connectivity index (χ0) is 18.0. The third-order valence-corrected chi connectivity index (χ3v) is 4.26. The fraction of sp³-hybridized carbons (Fsp3) is 0.278. The predicted octanol–water partition coefficient (Wildman–Crippen LogP) is 3.25. The molecule has 0 spiro atoms.